The minimum atomic E-state index is -3.73. The zero-order valence-corrected chi connectivity index (χ0v) is 21.7. The van der Waals surface area contributed by atoms with Crippen LogP contribution in [0.4, 0.5) is 10.5 Å². The Balaban J connectivity index is 0.00000231. The standard InChI is InChI=1S/C21H25N5O3S.K/c27-21(24-20-18-5-1-3-15(18)7-16-4-2-6-19(16)20)25-30(28,29)17-11-26(12-17)10-14-8-22-13-23-9-14;/h7-9,13,17H,1-6,10-12H2,(H2,24,25,27);. The van der Waals surface area contributed by atoms with Crippen molar-refractivity contribution in [1.29, 1.82) is 0 Å². The third kappa shape index (κ3) is 4.90. The van der Waals surface area contributed by atoms with Gasteiger partial charge in [0.25, 0.3) is 0 Å². The Hall–Kier alpha value is -0.884. The maximum atomic E-state index is 12.7. The number of nitrogens with zero attached hydrogens (tertiary/aromatic N) is 3. The maximum absolute atomic E-state index is 12.7. The molecule has 31 heavy (non-hydrogen) atoms. The van der Waals surface area contributed by atoms with E-state index in [0.29, 0.717) is 19.6 Å². The van der Waals surface area contributed by atoms with E-state index in [-0.39, 0.29) is 51.4 Å². The third-order valence-electron chi connectivity index (χ3n) is 6.33. The van der Waals surface area contributed by atoms with Crippen molar-refractivity contribution in [3.8, 4) is 0 Å². The van der Waals surface area contributed by atoms with Crippen LogP contribution in [0.2, 0.25) is 0 Å². The first-order valence-electron chi connectivity index (χ1n) is 10.4. The largest absolute Gasteiger partial charge is 0.332 e. The van der Waals surface area contributed by atoms with Gasteiger partial charge in [-0.15, -0.1) is 0 Å². The quantitative estimate of drug-likeness (QED) is 0.646. The van der Waals surface area contributed by atoms with Gasteiger partial charge < -0.3 is 5.32 Å². The van der Waals surface area contributed by atoms with Crippen molar-refractivity contribution >= 4 is 73.1 Å². The number of carbonyl (C=O) groups is 1. The van der Waals surface area contributed by atoms with E-state index in [9.17, 15) is 13.2 Å². The number of rotatable bonds is 5. The van der Waals surface area contributed by atoms with Crippen molar-refractivity contribution in [2.75, 3.05) is 18.4 Å². The molecule has 159 valence electrons. The third-order valence-corrected chi connectivity index (χ3v) is 7.97. The summed E-state index contributed by atoms with van der Waals surface area (Å²) < 4.78 is 27.6. The van der Waals surface area contributed by atoms with Crippen LogP contribution in [0, 0.1) is 0 Å². The normalized spacial score (nSPS) is 17.9. The molecule has 1 saturated heterocycles. The Morgan fingerprint density at radius 1 is 1.03 bits per heavy atom. The molecule has 2 aliphatic carbocycles. The number of amides is 2. The van der Waals surface area contributed by atoms with Gasteiger partial charge in [-0.2, -0.15) is 0 Å². The van der Waals surface area contributed by atoms with E-state index >= 15 is 0 Å². The van der Waals surface area contributed by atoms with E-state index < -0.39 is 21.3 Å². The van der Waals surface area contributed by atoms with Crippen LogP contribution in [-0.4, -0.2) is 99.0 Å². The second kappa shape index (κ2) is 9.54. The van der Waals surface area contributed by atoms with Gasteiger partial charge in [-0.25, -0.2) is 27.9 Å². The van der Waals surface area contributed by atoms with Gasteiger partial charge in [0.05, 0.1) is 0 Å². The van der Waals surface area contributed by atoms with Crippen molar-refractivity contribution in [3.05, 3.63) is 52.6 Å². The first kappa shape index (κ1) is 23.3. The summed E-state index contributed by atoms with van der Waals surface area (Å²) >= 11 is 0. The van der Waals surface area contributed by atoms with Crippen molar-refractivity contribution < 1.29 is 13.2 Å². The zero-order chi connectivity index (χ0) is 20.7. The van der Waals surface area contributed by atoms with Gasteiger partial charge >= 0.3 is 6.03 Å². The Morgan fingerprint density at radius 3 is 2.26 bits per heavy atom. The van der Waals surface area contributed by atoms with Crippen LogP contribution in [0.15, 0.2) is 24.8 Å². The van der Waals surface area contributed by atoms with Crippen molar-refractivity contribution in [2.24, 2.45) is 0 Å². The number of urea groups is 1. The first-order valence-corrected chi connectivity index (χ1v) is 12.0. The molecule has 0 atom stereocenters. The number of sulfonamides is 1. The molecule has 3 aliphatic rings. The number of aryl methyl sites for hydroxylation is 2. The van der Waals surface area contributed by atoms with E-state index in [0.717, 1.165) is 49.8 Å². The van der Waals surface area contributed by atoms with Gasteiger partial charge in [-0.1, -0.05) is 6.07 Å². The van der Waals surface area contributed by atoms with Gasteiger partial charge in [0, 0.05) is 94.7 Å². The monoisotopic (exact) mass is 466 g/mol. The fourth-order valence-electron chi connectivity index (χ4n) is 4.84. The van der Waals surface area contributed by atoms with Crippen LogP contribution >= 0.6 is 0 Å². The van der Waals surface area contributed by atoms with Gasteiger partial charge in [-0.3, -0.25) is 4.90 Å². The topological polar surface area (TPSA) is 104 Å². The molecule has 0 bridgehead atoms. The van der Waals surface area contributed by atoms with E-state index in [1.165, 1.54) is 28.6 Å². The summed E-state index contributed by atoms with van der Waals surface area (Å²) in [6.45, 7) is 1.36. The molecule has 1 radical (unpaired) electrons. The molecule has 2 N–H and O–H groups in total. The van der Waals surface area contributed by atoms with Crippen LogP contribution in [0.5, 0.6) is 0 Å². The fourth-order valence-corrected chi connectivity index (χ4v) is 6.13. The number of nitrogens with one attached hydrogen (secondary N) is 2. The molecule has 1 aromatic heterocycles. The predicted molar refractivity (Wildman–Crippen MR) is 118 cm³/mol. The molecule has 1 aromatic carbocycles. The molecule has 2 heterocycles. The van der Waals surface area contributed by atoms with Gasteiger partial charge in [-0.05, 0) is 60.8 Å². The fraction of sp³-hybridized carbons (Fsp3) is 0.476. The Morgan fingerprint density at radius 2 is 1.65 bits per heavy atom. The average molecular weight is 467 g/mol. The molecule has 5 rings (SSSR count). The smallest absolute Gasteiger partial charge is 0.307 e. The average Bonchev–Trinajstić information content (AvgIpc) is 3.33. The number of benzene rings is 1. The second-order valence-electron chi connectivity index (χ2n) is 8.40. The zero-order valence-electron chi connectivity index (χ0n) is 17.7. The van der Waals surface area contributed by atoms with E-state index in [2.05, 4.69) is 26.1 Å². The first-order chi connectivity index (χ1) is 14.5. The molecular formula is C21H25KN5O3S. The number of aromatic nitrogens is 2. The summed E-state index contributed by atoms with van der Waals surface area (Å²) in [7, 11) is -3.73. The molecule has 0 spiro atoms. The molecule has 1 aliphatic heterocycles. The molecule has 2 aromatic rings. The van der Waals surface area contributed by atoms with E-state index in [1.54, 1.807) is 12.4 Å². The van der Waals surface area contributed by atoms with E-state index in [1.807, 2.05) is 4.90 Å². The van der Waals surface area contributed by atoms with Gasteiger partial charge in [0.2, 0.25) is 10.0 Å². The van der Waals surface area contributed by atoms with Crippen molar-refractivity contribution in [2.45, 2.75) is 50.3 Å². The summed E-state index contributed by atoms with van der Waals surface area (Å²) in [6, 6.07) is 1.63. The summed E-state index contributed by atoms with van der Waals surface area (Å²) in [4.78, 5) is 22.6. The number of likely N-dealkylation sites (tertiary alicyclic amines) is 1. The number of fused-ring (bicyclic) bond motifs is 2. The van der Waals surface area contributed by atoms with Crippen molar-refractivity contribution in [3.63, 3.8) is 0 Å². The number of anilines is 1. The molecular weight excluding hydrogens is 441 g/mol. The molecule has 10 heteroatoms. The molecule has 0 unspecified atom stereocenters. The van der Waals surface area contributed by atoms with E-state index in [4.69, 9.17) is 0 Å². The molecule has 2 amide bonds. The Kier molecular flexibility index (Phi) is 7.17. The number of carbonyl (C=O) groups excluding carboxylic acids is 1. The van der Waals surface area contributed by atoms with Crippen LogP contribution in [-0.2, 0) is 42.3 Å². The number of hydrogen-bond acceptors (Lipinski definition) is 6. The summed E-state index contributed by atoms with van der Waals surface area (Å²) in [5.41, 5.74) is 6.75. The summed E-state index contributed by atoms with van der Waals surface area (Å²) in [5, 5.41) is 2.30. The molecule has 0 saturated carbocycles. The van der Waals surface area contributed by atoms with Crippen molar-refractivity contribution in [1.82, 2.24) is 19.6 Å². The van der Waals surface area contributed by atoms with Crippen LogP contribution in [0.3, 0.4) is 0 Å². The van der Waals surface area contributed by atoms with Crippen LogP contribution in [0.25, 0.3) is 0 Å². The maximum Gasteiger partial charge on any atom is 0.332 e. The van der Waals surface area contributed by atoms with Gasteiger partial charge in [0.1, 0.15) is 11.6 Å². The molecule has 8 nitrogen and oxygen atoms in total. The Bertz CT molecular complexity index is 1060. The predicted octanol–water partition coefficient (Wildman–Crippen LogP) is 1.41. The second-order valence-corrected chi connectivity index (χ2v) is 10.4. The van der Waals surface area contributed by atoms with Gasteiger partial charge in [0.15, 0.2) is 0 Å². The van der Waals surface area contributed by atoms with Crippen LogP contribution < -0.4 is 10.0 Å². The molecule has 1 fully saturated rings. The SMILES string of the molecule is O=C(Nc1c2c(cc3c1CCC3)CCC2)NS(=O)(=O)C1CN(Cc2cncnc2)C1.[K]. The minimum absolute atomic E-state index is 0. The van der Waals surface area contributed by atoms with Crippen LogP contribution in [0.1, 0.15) is 40.7 Å². The number of hydrogen-bond donors (Lipinski definition) is 2. The summed E-state index contributed by atoms with van der Waals surface area (Å²) in [6.07, 6.45) is 11.0. The minimum Gasteiger partial charge on any atom is -0.307 e. The summed E-state index contributed by atoms with van der Waals surface area (Å²) in [5.74, 6) is 0. The Labute approximate surface area is 225 Å².